The SMILES string of the molecule is Cn1cccc1C(=O)OCC(=O)Nc1c(F)cccc1F. The first-order chi connectivity index (χ1) is 9.99. The zero-order chi connectivity index (χ0) is 15.4. The number of ether oxygens (including phenoxy) is 1. The van der Waals surface area contributed by atoms with Gasteiger partial charge < -0.3 is 14.6 Å². The number of halogens is 2. The Kier molecular flexibility index (Phi) is 4.32. The lowest BCUT2D eigenvalue weighted by Gasteiger charge is -2.08. The average molecular weight is 294 g/mol. The van der Waals surface area contributed by atoms with Gasteiger partial charge in [-0.25, -0.2) is 13.6 Å². The van der Waals surface area contributed by atoms with Crippen molar-refractivity contribution in [2.75, 3.05) is 11.9 Å². The number of para-hydroxylation sites is 1. The molecule has 1 amide bonds. The molecule has 0 spiro atoms. The number of benzene rings is 1. The third-order valence-corrected chi connectivity index (χ3v) is 2.71. The molecular formula is C14H12F2N2O3. The van der Waals surface area contributed by atoms with Crippen LogP contribution >= 0.6 is 0 Å². The number of carbonyl (C=O) groups is 2. The van der Waals surface area contributed by atoms with Crippen molar-refractivity contribution in [2.24, 2.45) is 7.05 Å². The maximum atomic E-state index is 13.3. The summed E-state index contributed by atoms with van der Waals surface area (Å²) in [4.78, 5) is 23.2. The minimum absolute atomic E-state index is 0.264. The molecular weight excluding hydrogens is 282 g/mol. The summed E-state index contributed by atoms with van der Waals surface area (Å²) in [5.41, 5.74) is -0.308. The summed E-state index contributed by atoms with van der Waals surface area (Å²) in [5.74, 6) is -3.34. The van der Waals surface area contributed by atoms with E-state index in [0.717, 1.165) is 12.1 Å². The van der Waals surface area contributed by atoms with Gasteiger partial charge in [0.15, 0.2) is 6.61 Å². The highest BCUT2D eigenvalue weighted by molar-refractivity contribution is 5.95. The predicted octanol–water partition coefficient (Wildman–Crippen LogP) is 2.10. The molecule has 0 bridgehead atoms. The molecule has 0 fully saturated rings. The van der Waals surface area contributed by atoms with Crippen LogP contribution in [0.2, 0.25) is 0 Å². The highest BCUT2D eigenvalue weighted by Gasteiger charge is 2.15. The standard InChI is InChI=1S/C14H12F2N2O3/c1-18-7-3-6-11(18)14(20)21-8-12(19)17-13-9(15)4-2-5-10(13)16/h2-7H,8H2,1H3,(H,17,19). The van der Waals surface area contributed by atoms with Crippen LogP contribution in [-0.4, -0.2) is 23.1 Å². The smallest absolute Gasteiger partial charge is 0.355 e. The molecule has 110 valence electrons. The highest BCUT2D eigenvalue weighted by atomic mass is 19.1. The lowest BCUT2D eigenvalue weighted by Crippen LogP contribution is -2.22. The van der Waals surface area contributed by atoms with Crippen LogP contribution in [-0.2, 0) is 16.6 Å². The molecule has 0 saturated heterocycles. The molecule has 5 nitrogen and oxygen atoms in total. The minimum atomic E-state index is -0.905. The molecule has 0 aliphatic rings. The predicted molar refractivity (Wildman–Crippen MR) is 70.7 cm³/mol. The first kappa shape index (κ1) is 14.7. The maximum absolute atomic E-state index is 13.3. The summed E-state index contributed by atoms with van der Waals surface area (Å²) in [5, 5.41) is 2.02. The molecule has 0 saturated carbocycles. The Hall–Kier alpha value is -2.70. The Morgan fingerprint density at radius 1 is 1.19 bits per heavy atom. The monoisotopic (exact) mass is 294 g/mol. The molecule has 1 aromatic carbocycles. The van der Waals surface area contributed by atoms with Gasteiger partial charge in [0.2, 0.25) is 0 Å². The van der Waals surface area contributed by atoms with Crippen molar-refractivity contribution < 1.29 is 23.1 Å². The number of anilines is 1. The first-order valence-electron chi connectivity index (χ1n) is 6.01. The van der Waals surface area contributed by atoms with Crippen molar-refractivity contribution in [3.8, 4) is 0 Å². The fraction of sp³-hybridized carbons (Fsp3) is 0.143. The zero-order valence-electron chi connectivity index (χ0n) is 11.1. The van der Waals surface area contributed by atoms with E-state index in [2.05, 4.69) is 0 Å². The average Bonchev–Trinajstić information content (AvgIpc) is 2.87. The minimum Gasteiger partial charge on any atom is -0.451 e. The molecule has 7 heteroatoms. The van der Waals surface area contributed by atoms with Crippen molar-refractivity contribution >= 4 is 17.6 Å². The topological polar surface area (TPSA) is 60.3 Å². The molecule has 0 atom stereocenters. The maximum Gasteiger partial charge on any atom is 0.355 e. The third kappa shape index (κ3) is 3.44. The summed E-state index contributed by atoms with van der Waals surface area (Å²) >= 11 is 0. The molecule has 2 aromatic rings. The van der Waals surface area contributed by atoms with Crippen molar-refractivity contribution in [1.82, 2.24) is 4.57 Å². The molecule has 1 aromatic heterocycles. The number of rotatable bonds is 4. The summed E-state index contributed by atoms with van der Waals surface area (Å²) in [6.07, 6.45) is 1.64. The molecule has 1 N–H and O–H groups in total. The van der Waals surface area contributed by atoms with Crippen molar-refractivity contribution in [3.05, 3.63) is 53.9 Å². The summed E-state index contributed by atoms with van der Waals surface area (Å²) in [6.45, 7) is -0.641. The second kappa shape index (κ2) is 6.17. The van der Waals surface area contributed by atoms with E-state index in [1.165, 1.54) is 16.7 Å². The van der Waals surface area contributed by atoms with Crippen LogP contribution < -0.4 is 5.32 Å². The Bertz CT molecular complexity index is 662. The summed E-state index contributed by atoms with van der Waals surface area (Å²) in [7, 11) is 1.64. The third-order valence-electron chi connectivity index (χ3n) is 2.71. The quantitative estimate of drug-likeness (QED) is 0.878. The van der Waals surface area contributed by atoms with E-state index in [-0.39, 0.29) is 5.69 Å². The van der Waals surface area contributed by atoms with Gasteiger partial charge in [0.25, 0.3) is 5.91 Å². The van der Waals surface area contributed by atoms with E-state index < -0.39 is 35.8 Å². The highest BCUT2D eigenvalue weighted by Crippen LogP contribution is 2.17. The van der Waals surface area contributed by atoms with Crippen LogP contribution in [0.15, 0.2) is 36.5 Å². The van der Waals surface area contributed by atoms with Crippen LogP contribution in [0.3, 0.4) is 0 Å². The van der Waals surface area contributed by atoms with E-state index in [1.807, 2.05) is 5.32 Å². The van der Waals surface area contributed by atoms with Gasteiger partial charge in [0.05, 0.1) is 0 Å². The number of amides is 1. The summed E-state index contributed by atoms with van der Waals surface area (Å²) < 4.78 is 32.9. The van der Waals surface area contributed by atoms with Gasteiger partial charge in [-0.1, -0.05) is 6.07 Å². The molecule has 1 heterocycles. The van der Waals surface area contributed by atoms with Crippen LogP contribution in [0.4, 0.5) is 14.5 Å². The van der Waals surface area contributed by atoms with E-state index in [0.29, 0.717) is 0 Å². The van der Waals surface area contributed by atoms with E-state index in [4.69, 9.17) is 4.74 Å². The van der Waals surface area contributed by atoms with Crippen molar-refractivity contribution in [3.63, 3.8) is 0 Å². The number of nitrogens with one attached hydrogen (secondary N) is 1. The number of hydrogen-bond donors (Lipinski definition) is 1. The van der Waals surface area contributed by atoms with E-state index in [1.54, 1.807) is 19.3 Å². The number of nitrogens with zero attached hydrogens (tertiary/aromatic N) is 1. The molecule has 0 aliphatic heterocycles. The van der Waals surface area contributed by atoms with Crippen LogP contribution in [0, 0.1) is 11.6 Å². The van der Waals surface area contributed by atoms with E-state index >= 15 is 0 Å². The lowest BCUT2D eigenvalue weighted by atomic mass is 10.3. The zero-order valence-corrected chi connectivity index (χ0v) is 11.1. The Morgan fingerprint density at radius 2 is 1.86 bits per heavy atom. The first-order valence-corrected chi connectivity index (χ1v) is 6.01. The molecule has 0 aliphatic carbocycles. The van der Waals surface area contributed by atoms with E-state index in [9.17, 15) is 18.4 Å². The fourth-order valence-corrected chi connectivity index (χ4v) is 1.67. The van der Waals surface area contributed by atoms with Gasteiger partial charge in [-0.05, 0) is 24.3 Å². The second-order valence-electron chi connectivity index (χ2n) is 4.23. The van der Waals surface area contributed by atoms with Crippen molar-refractivity contribution in [2.45, 2.75) is 0 Å². The largest absolute Gasteiger partial charge is 0.451 e. The normalized spacial score (nSPS) is 10.2. The number of hydrogen-bond acceptors (Lipinski definition) is 3. The Morgan fingerprint density at radius 3 is 2.43 bits per heavy atom. The second-order valence-corrected chi connectivity index (χ2v) is 4.23. The van der Waals surface area contributed by atoms with Gasteiger partial charge in [-0.15, -0.1) is 0 Å². The fourth-order valence-electron chi connectivity index (χ4n) is 1.67. The molecule has 0 unspecified atom stereocenters. The molecule has 21 heavy (non-hydrogen) atoms. The lowest BCUT2D eigenvalue weighted by molar-refractivity contribution is -0.119. The number of aryl methyl sites for hydroxylation is 1. The Balaban J connectivity index is 1.94. The van der Waals surface area contributed by atoms with Gasteiger partial charge >= 0.3 is 5.97 Å². The number of esters is 1. The van der Waals surface area contributed by atoms with Gasteiger partial charge in [0, 0.05) is 13.2 Å². The van der Waals surface area contributed by atoms with Crippen molar-refractivity contribution in [1.29, 1.82) is 0 Å². The van der Waals surface area contributed by atoms with Crippen LogP contribution in [0.25, 0.3) is 0 Å². The number of carbonyl (C=O) groups excluding carboxylic acids is 2. The summed E-state index contributed by atoms with van der Waals surface area (Å²) in [6, 6.07) is 6.36. The van der Waals surface area contributed by atoms with Crippen LogP contribution in [0.5, 0.6) is 0 Å². The Labute approximate surface area is 119 Å². The molecule has 2 rings (SSSR count). The van der Waals surface area contributed by atoms with Gasteiger partial charge in [-0.3, -0.25) is 4.79 Å². The van der Waals surface area contributed by atoms with Gasteiger partial charge in [-0.2, -0.15) is 0 Å². The van der Waals surface area contributed by atoms with Gasteiger partial charge in [0.1, 0.15) is 23.0 Å². The van der Waals surface area contributed by atoms with Crippen LogP contribution in [0.1, 0.15) is 10.5 Å². The number of aromatic nitrogens is 1. The molecule has 0 radical (unpaired) electrons.